The summed E-state index contributed by atoms with van der Waals surface area (Å²) in [6.07, 6.45) is 3.41. The molecule has 4 rings (SSSR count). The molecule has 24 heavy (non-hydrogen) atoms. The summed E-state index contributed by atoms with van der Waals surface area (Å²) in [6, 6.07) is 12.9. The van der Waals surface area contributed by atoms with Crippen LogP contribution in [0.2, 0.25) is 0 Å². The Kier molecular flexibility index (Phi) is 3.23. The van der Waals surface area contributed by atoms with Crippen molar-refractivity contribution in [3.63, 3.8) is 0 Å². The van der Waals surface area contributed by atoms with Crippen molar-refractivity contribution in [2.24, 2.45) is 5.73 Å². The largest absolute Gasteiger partial charge is 0.366 e. The SMILES string of the molecule is [2H]C1NCCCC1([2H])c1ccc(-n2cc3cccc(C(N)=O)c3n2)cc1. The summed E-state index contributed by atoms with van der Waals surface area (Å²) in [6.45, 7) is 0.155. The molecule has 5 heteroatoms. The van der Waals surface area contributed by atoms with Crippen molar-refractivity contribution in [1.29, 1.82) is 0 Å². The highest BCUT2D eigenvalue weighted by molar-refractivity contribution is 6.04. The van der Waals surface area contributed by atoms with Gasteiger partial charge in [-0.2, -0.15) is 5.10 Å². The number of nitrogens with zero attached hydrogens (tertiary/aromatic N) is 2. The molecular formula is C19H20N4O. The van der Waals surface area contributed by atoms with E-state index in [9.17, 15) is 4.79 Å². The second-order valence-corrected chi connectivity index (χ2v) is 5.96. The van der Waals surface area contributed by atoms with E-state index in [1.165, 1.54) is 0 Å². The maximum Gasteiger partial charge on any atom is 0.250 e. The number of piperidine rings is 1. The fourth-order valence-electron chi connectivity index (χ4n) is 3.08. The molecule has 1 aliphatic rings. The predicted molar refractivity (Wildman–Crippen MR) is 94.4 cm³/mol. The molecule has 1 aliphatic heterocycles. The van der Waals surface area contributed by atoms with E-state index in [2.05, 4.69) is 10.4 Å². The molecule has 1 aromatic heterocycles. The van der Waals surface area contributed by atoms with E-state index < -0.39 is 18.3 Å². The Bertz CT molecular complexity index is 969. The van der Waals surface area contributed by atoms with Crippen molar-refractivity contribution in [3.8, 4) is 5.69 Å². The number of rotatable bonds is 3. The zero-order valence-corrected chi connectivity index (χ0v) is 13.2. The van der Waals surface area contributed by atoms with E-state index in [1.807, 2.05) is 36.5 Å². The van der Waals surface area contributed by atoms with Crippen LogP contribution in [0, 0.1) is 0 Å². The molecule has 2 unspecified atom stereocenters. The van der Waals surface area contributed by atoms with E-state index in [4.69, 9.17) is 8.48 Å². The van der Waals surface area contributed by atoms with Crippen LogP contribution < -0.4 is 11.1 Å². The Labute approximate surface area is 143 Å². The molecule has 0 aliphatic carbocycles. The molecule has 1 fully saturated rings. The normalized spacial score (nSPS) is 25.2. The first-order valence-corrected chi connectivity index (χ1v) is 8.04. The Morgan fingerprint density at radius 2 is 2.17 bits per heavy atom. The van der Waals surface area contributed by atoms with E-state index in [1.54, 1.807) is 16.8 Å². The van der Waals surface area contributed by atoms with Crippen LogP contribution in [0.3, 0.4) is 0 Å². The van der Waals surface area contributed by atoms with Gasteiger partial charge in [-0.15, -0.1) is 0 Å². The van der Waals surface area contributed by atoms with Gasteiger partial charge in [0, 0.05) is 20.8 Å². The van der Waals surface area contributed by atoms with Crippen LogP contribution in [0.1, 0.15) is 37.4 Å². The minimum atomic E-state index is -0.940. The predicted octanol–water partition coefficient (Wildman–Crippen LogP) is 2.59. The highest BCUT2D eigenvalue weighted by Crippen LogP contribution is 2.25. The van der Waals surface area contributed by atoms with Crippen LogP contribution in [-0.2, 0) is 0 Å². The number of nitrogens with two attached hydrogens (primary N) is 1. The fraction of sp³-hybridized carbons (Fsp3) is 0.263. The second kappa shape index (κ2) is 6.09. The topological polar surface area (TPSA) is 72.9 Å². The number of primary amides is 1. The van der Waals surface area contributed by atoms with Gasteiger partial charge in [-0.3, -0.25) is 4.79 Å². The summed E-state index contributed by atoms with van der Waals surface area (Å²) in [5, 5.41) is 8.41. The van der Waals surface area contributed by atoms with Crippen LogP contribution in [0.15, 0.2) is 48.7 Å². The maximum absolute atomic E-state index is 11.6. The van der Waals surface area contributed by atoms with Crippen molar-refractivity contribution in [1.82, 2.24) is 15.1 Å². The van der Waals surface area contributed by atoms with Crippen molar-refractivity contribution in [2.75, 3.05) is 13.1 Å². The van der Waals surface area contributed by atoms with E-state index in [0.717, 1.165) is 29.6 Å². The second-order valence-electron chi connectivity index (χ2n) is 5.96. The molecule has 5 nitrogen and oxygen atoms in total. The summed E-state index contributed by atoms with van der Waals surface area (Å²) in [7, 11) is 0. The van der Waals surface area contributed by atoms with Crippen molar-refractivity contribution in [2.45, 2.75) is 18.7 Å². The van der Waals surface area contributed by atoms with Crippen LogP contribution in [0.25, 0.3) is 16.6 Å². The summed E-state index contributed by atoms with van der Waals surface area (Å²) in [5.74, 6) is -1.44. The van der Waals surface area contributed by atoms with Gasteiger partial charge in [-0.05, 0) is 49.0 Å². The summed E-state index contributed by atoms with van der Waals surface area (Å²) < 4.78 is 18.5. The highest BCUT2D eigenvalue weighted by atomic mass is 16.1. The van der Waals surface area contributed by atoms with Gasteiger partial charge in [0.15, 0.2) is 0 Å². The number of fused-ring (bicyclic) bond motifs is 1. The number of nitrogens with one attached hydrogen (secondary N) is 1. The fourth-order valence-corrected chi connectivity index (χ4v) is 3.08. The standard InChI is InChI=1S/C19H20N4O/c20-19(24)17-5-1-3-15-12-23(22-18(15)17)16-8-6-13(7-9-16)14-4-2-10-21-11-14/h1,3,5-9,12,14,21H,2,4,10-11H2,(H2,20,24)/i11D,14D. The van der Waals surface area contributed by atoms with Crippen molar-refractivity contribution in [3.05, 3.63) is 59.8 Å². The maximum atomic E-state index is 11.6. The lowest BCUT2D eigenvalue weighted by atomic mass is 9.92. The van der Waals surface area contributed by atoms with Crippen LogP contribution in [-0.4, -0.2) is 28.8 Å². The number of benzene rings is 2. The number of amides is 1. The quantitative estimate of drug-likeness (QED) is 0.778. The van der Waals surface area contributed by atoms with Gasteiger partial charge in [0.05, 0.1) is 11.3 Å². The van der Waals surface area contributed by atoms with Gasteiger partial charge >= 0.3 is 0 Å². The highest BCUT2D eigenvalue weighted by Gasteiger charge is 2.15. The summed E-state index contributed by atoms with van der Waals surface area (Å²) >= 11 is 0. The van der Waals surface area contributed by atoms with Gasteiger partial charge in [-0.1, -0.05) is 24.3 Å². The smallest absolute Gasteiger partial charge is 0.250 e. The zero-order valence-electron chi connectivity index (χ0n) is 15.2. The monoisotopic (exact) mass is 322 g/mol. The minimum absolute atomic E-state index is 0.397. The number of carbonyl (C=O) groups is 1. The molecule has 0 bridgehead atoms. The number of aromatic nitrogens is 2. The average molecular weight is 322 g/mol. The molecule has 1 amide bonds. The Morgan fingerprint density at radius 3 is 2.92 bits per heavy atom. The lowest BCUT2D eigenvalue weighted by Gasteiger charge is -2.23. The Hall–Kier alpha value is -2.66. The summed E-state index contributed by atoms with van der Waals surface area (Å²) in [5.41, 5.74) is 8.04. The van der Waals surface area contributed by atoms with Crippen LogP contribution >= 0.6 is 0 Å². The zero-order chi connectivity index (χ0) is 18.3. The van der Waals surface area contributed by atoms with Gasteiger partial charge in [0.1, 0.15) is 5.52 Å². The number of hydrogen-bond donors (Lipinski definition) is 2. The van der Waals surface area contributed by atoms with Gasteiger partial charge in [0.2, 0.25) is 0 Å². The molecule has 0 saturated carbocycles. The molecule has 0 spiro atoms. The number of hydrogen-bond acceptors (Lipinski definition) is 3. The molecule has 122 valence electrons. The van der Waals surface area contributed by atoms with E-state index in [0.29, 0.717) is 17.5 Å². The van der Waals surface area contributed by atoms with Gasteiger partial charge < -0.3 is 11.1 Å². The first-order chi connectivity index (χ1) is 12.5. The van der Waals surface area contributed by atoms with Crippen molar-refractivity contribution >= 4 is 16.8 Å². The van der Waals surface area contributed by atoms with Crippen LogP contribution in [0.4, 0.5) is 0 Å². The molecular weight excluding hydrogens is 300 g/mol. The van der Waals surface area contributed by atoms with Gasteiger partial charge in [0.25, 0.3) is 5.91 Å². The minimum Gasteiger partial charge on any atom is -0.366 e. The Morgan fingerprint density at radius 1 is 1.33 bits per heavy atom. The van der Waals surface area contributed by atoms with E-state index in [-0.39, 0.29) is 0 Å². The van der Waals surface area contributed by atoms with Gasteiger partial charge in [-0.25, -0.2) is 4.68 Å². The lowest BCUT2D eigenvalue weighted by molar-refractivity contribution is 0.100. The molecule has 1 saturated heterocycles. The summed E-state index contributed by atoms with van der Waals surface area (Å²) in [4.78, 5) is 11.6. The Balaban J connectivity index is 1.70. The first-order valence-electron chi connectivity index (χ1n) is 9.11. The third-order valence-corrected chi connectivity index (χ3v) is 4.35. The first kappa shape index (κ1) is 12.7. The third-order valence-electron chi connectivity index (χ3n) is 4.35. The molecule has 2 aromatic carbocycles. The molecule has 2 heterocycles. The molecule has 3 N–H and O–H groups in total. The van der Waals surface area contributed by atoms with Crippen LogP contribution in [0.5, 0.6) is 0 Å². The molecule has 2 atom stereocenters. The lowest BCUT2D eigenvalue weighted by Crippen LogP contribution is -2.28. The molecule has 0 radical (unpaired) electrons. The molecule has 3 aromatic rings. The van der Waals surface area contributed by atoms with E-state index >= 15 is 0 Å². The number of carbonyl (C=O) groups excluding carboxylic acids is 1. The third kappa shape index (κ3) is 2.67. The van der Waals surface area contributed by atoms with Crippen molar-refractivity contribution < 1.29 is 7.54 Å². The average Bonchev–Trinajstić information content (AvgIpc) is 3.08.